The van der Waals surface area contributed by atoms with E-state index in [9.17, 15) is 43.2 Å². The lowest BCUT2D eigenvalue weighted by Crippen LogP contribution is -2.30. The molecule has 0 aromatic heterocycles. The van der Waals surface area contributed by atoms with Gasteiger partial charge in [-0.2, -0.15) is 0 Å². The zero-order valence-corrected chi connectivity index (χ0v) is 62.9. The van der Waals surface area contributed by atoms with Crippen molar-refractivity contribution in [3.05, 3.63) is 0 Å². The average molecular weight is 1380 g/mol. The summed E-state index contributed by atoms with van der Waals surface area (Å²) in [6.07, 6.45) is 57.0. The van der Waals surface area contributed by atoms with E-state index < -0.39 is 97.5 Å². The van der Waals surface area contributed by atoms with E-state index >= 15 is 0 Å². The maximum Gasteiger partial charge on any atom is 0.472 e. The third-order valence-electron chi connectivity index (χ3n) is 17.9. The standard InChI is InChI=1S/C75H146O17P2/c1-6-10-13-16-19-21-23-24-29-33-36-40-44-49-54-59-73(78)86-65-71(92-75(80)61-56-51-46-41-37-34-31-28-26-25-27-30-32-35-38-43-47-52-57-68(5)9-4)67-90-94(83,84)88-63-69(76)62-87-93(81,82)89-66-70(64-85-72(77)58-53-48-42-18-15-12-8-3)91-74(79)60-55-50-45-39-22-20-17-14-11-7-2/h68-71,76H,6-67H2,1-5H3,(H,81,82)(H,83,84)/t68?,69-,70+,71+/m0/s1. The number of aliphatic hydroxyl groups excluding tert-OH is 1. The Morgan fingerprint density at radius 1 is 0.298 bits per heavy atom. The highest BCUT2D eigenvalue weighted by Gasteiger charge is 2.30. The van der Waals surface area contributed by atoms with Crippen molar-refractivity contribution in [3.8, 4) is 0 Å². The van der Waals surface area contributed by atoms with Gasteiger partial charge in [0.1, 0.15) is 19.3 Å². The number of phosphoric acid groups is 2. The Kier molecular flexibility index (Phi) is 66.8. The van der Waals surface area contributed by atoms with Gasteiger partial charge in [0, 0.05) is 25.7 Å². The summed E-state index contributed by atoms with van der Waals surface area (Å²) in [6.45, 7) is 7.30. The van der Waals surface area contributed by atoms with Gasteiger partial charge in [-0.1, -0.05) is 343 Å². The smallest absolute Gasteiger partial charge is 0.462 e. The van der Waals surface area contributed by atoms with E-state index in [-0.39, 0.29) is 25.7 Å². The molecule has 0 radical (unpaired) electrons. The van der Waals surface area contributed by atoms with Crippen LogP contribution >= 0.6 is 15.6 Å². The van der Waals surface area contributed by atoms with E-state index in [1.807, 2.05) is 0 Å². The highest BCUT2D eigenvalue weighted by Crippen LogP contribution is 2.45. The summed E-state index contributed by atoms with van der Waals surface area (Å²) in [5, 5.41) is 10.6. The molecule has 0 saturated heterocycles. The van der Waals surface area contributed by atoms with Crippen LogP contribution in [0, 0.1) is 5.92 Å². The predicted octanol–water partition coefficient (Wildman–Crippen LogP) is 22.1. The van der Waals surface area contributed by atoms with Crippen LogP contribution in [0.5, 0.6) is 0 Å². The van der Waals surface area contributed by atoms with Crippen LogP contribution in [0.15, 0.2) is 0 Å². The van der Waals surface area contributed by atoms with Crippen LogP contribution in [0.2, 0.25) is 0 Å². The van der Waals surface area contributed by atoms with Gasteiger partial charge in [0.15, 0.2) is 12.2 Å². The first-order valence-electron chi connectivity index (χ1n) is 39.2. The van der Waals surface area contributed by atoms with Crippen molar-refractivity contribution in [2.45, 2.75) is 412 Å². The zero-order chi connectivity index (χ0) is 69.1. The summed E-state index contributed by atoms with van der Waals surface area (Å²) in [4.78, 5) is 72.5. The normalized spacial score (nSPS) is 14.3. The van der Waals surface area contributed by atoms with Crippen molar-refractivity contribution in [2.75, 3.05) is 39.6 Å². The van der Waals surface area contributed by atoms with Crippen LogP contribution in [0.25, 0.3) is 0 Å². The Balaban J connectivity index is 5.14. The zero-order valence-electron chi connectivity index (χ0n) is 61.1. The molecular formula is C75H146O17P2. The molecule has 0 heterocycles. The number of unbranched alkanes of at least 4 members (excludes halogenated alkanes) is 46. The van der Waals surface area contributed by atoms with E-state index in [0.717, 1.165) is 109 Å². The number of rotatable bonds is 75. The minimum absolute atomic E-state index is 0.106. The number of phosphoric ester groups is 2. The number of ether oxygens (including phenoxy) is 4. The lowest BCUT2D eigenvalue weighted by molar-refractivity contribution is -0.161. The van der Waals surface area contributed by atoms with Crippen LogP contribution in [-0.4, -0.2) is 96.7 Å². The van der Waals surface area contributed by atoms with Gasteiger partial charge in [-0.05, 0) is 31.6 Å². The van der Waals surface area contributed by atoms with Gasteiger partial charge in [-0.15, -0.1) is 0 Å². The molecule has 3 unspecified atom stereocenters. The van der Waals surface area contributed by atoms with Crippen LogP contribution in [0.4, 0.5) is 0 Å². The van der Waals surface area contributed by atoms with E-state index in [2.05, 4.69) is 34.6 Å². The number of hydrogen-bond acceptors (Lipinski definition) is 15. The van der Waals surface area contributed by atoms with Crippen LogP contribution in [-0.2, 0) is 65.4 Å². The molecule has 0 aromatic rings. The fourth-order valence-electron chi connectivity index (χ4n) is 11.5. The fourth-order valence-corrected chi connectivity index (χ4v) is 13.1. The highest BCUT2D eigenvalue weighted by atomic mass is 31.2. The Labute approximate surface area is 575 Å². The molecule has 94 heavy (non-hydrogen) atoms. The second-order valence-electron chi connectivity index (χ2n) is 27.3. The third kappa shape index (κ3) is 67.3. The fraction of sp³-hybridized carbons (Fsp3) is 0.947. The van der Waals surface area contributed by atoms with Crippen LogP contribution in [0.1, 0.15) is 394 Å². The van der Waals surface area contributed by atoms with Crippen LogP contribution in [0.3, 0.4) is 0 Å². The van der Waals surface area contributed by atoms with Gasteiger partial charge in [0.2, 0.25) is 0 Å². The average Bonchev–Trinajstić information content (AvgIpc) is 1.61. The van der Waals surface area contributed by atoms with Gasteiger partial charge in [-0.25, -0.2) is 9.13 Å². The number of carbonyl (C=O) groups excluding carboxylic acids is 4. The molecule has 0 amide bonds. The predicted molar refractivity (Wildman–Crippen MR) is 382 cm³/mol. The Bertz CT molecular complexity index is 1810. The first-order chi connectivity index (χ1) is 45.6. The molecule has 0 bridgehead atoms. The van der Waals surface area contributed by atoms with Crippen molar-refractivity contribution in [2.24, 2.45) is 5.92 Å². The van der Waals surface area contributed by atoms with Gasteiger partial charge in [0.05, 0.1) is 26.4 Å². The quantitative estimate of drug-likeness (QED) is 0.0222. The summed E-state index contributed by atoms with van der Waals surface area (Å²) in [7, 11) is -9.90. The molecule has 0 spiro atoms. The highest BCUT2D eigenvalue weighted by molar-refractivity contribution is 7.47. The largest absolute Gasteiger partial charge is 0.472 e. The topological polar surface area (TPSA) is 237 Å². The lowest BCUT2D eigenvalue weighted by atomic mass is 9.99. The van der Waals surface area contributed by atoms with Gasteiger partial charge < -0.3 is 33.8 Å². The monoisotopic (exact) mass is 1380 g/mol. The number of aliphatic hydroxyl groups is 1. The maximum absolute atomic E-state index is 13.1. The van der Waals surface area contributed by atoms with Crippen molar-refractivity contribution in [1.29, 1.82) is 0 Å². The first kappa shape index (κ1) is 92.1. The molecule has 0 aliphatic carbocycles. The molecule has 558 valence electrons. The summed E-state index contributed by atoms with van der Waals surface area (Å²) in [6, 6.07) is 0. The molecule has 6 atom stereocenters. The molecule has 0 fully saturated rings. The first-order valence-corrected chi connectivity index (χ1v) is 42.2. The molecule has 3 N–H and O–H groups in total. The molecule has 0 aromatic carbocycles. The molecule has 0 aliphatic heterocycles. The van der Waals surface area contributed by atoms with E-state index in [0.29, 0.717) is 25.7 Å². The summed E-state index contributed by atoms with van der Waals surface area (Å²) in [5.41, 5.74) is 0. The van der Waals surface area contributed by atoms with Gasteiger partial charge in [-0.3, -0.25) is 37.3 Å². The van der Waals surface area contributed by atoms with Crippen molar-refractivity contribution >= 4 is 39.5 Å². The second-order valence-corrected chi connectivity index (χ2v) is 30.2. The number of carbonyl (C=O) groups is 4. The molecule has 0 aliphatic rings. The van der Waals surface area contributed by atoms with Crippen molar-refractivity contribution in [1.82, 2.24) is 0 Å². The molecule has 0 saturated carbocycles. The minimum Gasteiger partial charge on any atom is -0.462 e. The van der Waals surface area contributed by atoms with E-state index in [1.54, 1.807) is 0 Å². The molecule has 19 heteroatoms. The summed E-state index contributed by atoms with van der Waals surface area (Å²) >= 11 is 0. The van der Waals surface area contributed by atoms with Crippen molar-refractivity contribution in [3.63, 3.8) is 0 Å². The Morgan fingerprint density at radius 2 is 0.511 bits per heavy atom. The maximum atomic E-state index is 13.1. The van der Waals surface area contributed by atoms with Gasteiger partial charge >= 0.3 is 39.5 Å². The van der Waals surface area contributed by atoms with E-state index in [1.165, 1.54) is 205 Å². The molecular weight excluding hydrogens is 1230 g/mol. The lowest BCUT2D eigenvalue weighted by Gasteiger charge is -2.21. The molecule has 0 rings (SSSR count). The van der Waals surface area contributed by atoms with Crippen LogP contribution < -0.4 is 0 Å². The minimum atomic E-state index is -4.95. The van der Waals surface area contributed by atoms with Crippen molar-refractivity contribution < 1.29 is 80.2 Å². The second kappa shape index (κ2) is 68.2. The summed E-state index contributed by atoms with van der Waals surface area (Å²) in [5.74, 6) is -1.25. The summed E-state index contributed by atoms with van der Waals surface area (Å²) < 4.78 is 68.3. The SMILES string of the molecule is CCCCCCCCCCCCCCCCCC(=O)OC[C@H](COP(=O)(O)OC[C@@H](O)COP(=O)(O)OC[C@@H](COC(=O)CCCCCCCCC)OC(=O)CCCCCCCCCCCC)OC(=O)CCCCCCCCCCCCCCCCCCCCC(C)CC. The Hall–Kier alpha value is -1.94. The number of hydrogen-bond donors (Lipinski definition) is 3. The van der Waals surface area contributed by atoms with Gasteiger partial charge in [0.25, 0.3) is 0 Å². The molecule has 17 nitrogen and oxygen atoms in total. The van der Waals surface area contributed by atoms with E-state index in [4.69, 9.17) is 37.0 Å². The third-order valence-corrected chi connectivity index (χ3v) is 19.8. The Morgan fingerprint density at radius 3 is 0.755 bits per heavy atom. The number of esters is 4.